The Morgan fingerprint density at radius 2 is 1.76 bits per heavy atom. The Labute approximate surface area is 134 Å². The summed E-state index contributed by atoms with van der Waals surface area (Å²) < 4.78 is 5.54. The van der Waals surface area contributed by atoms with Crippen molar-refractivity contribution in [1.29, 1.82) is 0 Å². The number of hydrogen-bond acceptors (Lipinski definition) is 3. The molecule has 0 radical (unpaired) electrons. The van der Waals surface area contributed by atoms with E-state index in [0.29, 0.717) is 5.84 Å². The second kappa shape index (κ2) is 11.4. The average molecular weight is 314 g/mol. The van der Waals surface area contributed by atoms with E-state index >= 15 is 0 Å². The summed E-state index contributed by atoms with van der Waals surface area (Å²) in [5, 5.41) is 0. The summed E-state index contributed by atoms with van der Waals surface area (Å²) in [7, 11) is 0. The van der Waals surface area contributed by atoms with Crippen molar-refractivity contribution in [1.82, 2.24) is 4.90 Å². The standard InChI is InChI=1S/C16H27N3O.ClH/c1-4-13-20-15-9-7-14(8-10-15)16(17)18-11-12-19(5-2)6-3;/h7-10H,4-6,11-13H2,1-3H3,(H2,17,18);1H. The van der Waals surface area contributed by atoms with Crippen LogP contribution in [0.1, 0.15) is 32.8 Å². The lowest BCUT2D eigenvalue weighted by Crippen LogP contribution is -2.26. The van der Waals surface area contributed by atoms with Crippen LogP contribution in [0.25, 0.3) is 0 Å². The zero-order valence-electron chi connectivity index (χ0n) is 13.3. The molecule has 1 aromatic rings. The van der Waals surface area contributed by atoms with Crippen molar-refractivity contribution in [3.8, 4) is 5.75 Å². The highest BCUT2D eigenvalue weighted by Gasteiger charge is 2.01. The first-order valence-corrected chi connectivity index (χ1v) is 7.46. The molecule has 0 amide bonds. The van der Waals surface area contributed by atoms with E-state index in [1.807, 2.05) is 24.3 Å². The molecule has 1 aromatic carbocycles. The molecule has 120 valence electrons. The Bertz CT molecular complexity index is 402. The van der Waals surface area contributed by atoms with Gasteiger partial charge in [0.2, 0.25) is 0 Å². The molecule has 0 heterocycles. The molecule has 0 saturated carbocycles. The fraction of sp³-hybridized carbons (Fsp3) is 0.562. The lowest BCUT2D eigenvalue weighted by atomic mass is 10.2. The van der Waals surface area contributed by atoms with Crippen molar-refractivity contribution in [3.63, 3.8) is 0 Å². The third kappa shape index (κ3) is 7.34. The minimum Gasteiger partial charge on any atom is -0.494 e. The molecule has 1 rings (SSSR count). The van der Waals surface area contributed by atoms with E-state index in [2.05, 4.69) is 30.7 Å². The first kappa shape index (κ1) is 19.7. The molecule has 2 N–H and O–H groups in total. The van der Waals surface area contributed by atoms with Crippen LogP contribution in [0, 0.1) is 0 Å². The van der Waals surface area contributed by atoms with Crippen molar-refractivity contribution in [2.45, 2.75) is 27.2 Å². The zero-order valence-corrected chi connectivity index (χ0v) is 14.2. The summed E-state index contributed by atoms with van der Waals surface area (Å²) in [6, 6.07) is 7.80. The Morgan fingerprint density at radius 3 is 2.29 bits per heavy atom. The highest BCUT2D eigenvalue weighted by molar-refractivity contribution is 5.97. The van der Waals surface area contributed by atoms with Crippen molar-refractivity contribution in [3.05, 3.63) is 29.8 Å². The van der Waals surface area contributed by atoms with Gasteiger partial charge in [-0.05, 0) is 43.8 Å². The summed E-state index contributed by atoms with van der Waals surface area (Å²) >= 11 is 0. The molecular formula is C16H28ClN3O. The number of nitrogens with zero attached hydrogens (tertiary/aromatic N) is 2. The maximum absolute atomic E-state index is 6.00. The second-order valence-corrected chi connectivity index (χ2v) is 4.67. The molecule has 0 fully saturated rings. The Morgan fingerprint density at radius 1 is 1.14 bits per heavy atom. The molecule has 0 aliphatic carbocycles. The van der Waals surface area contributed by atoms with Gasteiger partial charge in [0.1, 0.15) is 11.6 Å². The maximum atomic E-state index is 6.00. The van der Waals surface area contributed by atoms with Crippen LogP contribution in [0.15, 0.2) is 29.3 Å². The van der Waals surface area contributed by atoms with E-state index in [4.69, 9.17) is 10.5 Å². The van der Waals surface area contributed by atoms with Crippen LogP contribution >= 0.6 is 12.4 Å². The minimum absolute atomic E-state index is 0. The predicted octanol–water partition coefficient (Wildman–Crippen LogP) is 2.94. The van der Waals surface area contributed by atoms with E-state index < -0.39 is 0 Å². The zero-order chi connectivity index (χ0) is 14.8. The predicted molar refractivity (Wildman–Crippen MR) is 92.9 cm³/mol. The molecule has 0 aliphatic heterocycles. The molecule has 0 saturated heterocycles. The molecule has 0 aromatic heterocycles. The molecule has 0 bridgehead atoms. The van der Waals surface area contributed by atoms with Gasteiger partial charge in [-0.25, -0.2) is 0 Å². The number of aliphatic imine (C=N–C) groups is 1. The monoisotopic (exact) mass is 313 g/mol. The molecule has 0 unspecified atom stereocenters. The molecule has 5 heteroatoms. The molecule has 4 nitrogen and oxygen atoms in total. The number of rotatable bonds is 9. The third-order valence-electron chi connectivity index (χ3n) is 3.22. The highest BCUT2D eigenvalue weighted by Crippen LogP contribution is 2.12. The first-order valence-electron chi connectivity index (χ1n) is 7.46. The number of likely N-dealkylation sites (N-methyl/N-ethyl adjacent to an activating group) is 1. The van der Waals surface area contributed by atoms with Crippen LogP contribution in [0.2, 0.25) is 0 Å². The van der Waals surface area contributed by atoms with Gasteiger partial charge in [-0.2, -0.15) is 0 Å². The number of halogens is 1. The number of benzene rings is 1. The van der Waals surface area contributed by atoms with E-state index in [1.165, 1.54) is 0 Å². The molecule has 0 aliphatic rings. The van der Waals surface area contributed by atoms with Gasteiger partial charge in [-0.1, -0.05) is 20.8 Å². The highest BCUT2D eigenvalue weighted by atomic mass is 35.5. The molecule has 0 spiro atoms. The van der Waals surface area contributed by atoms with Gasteiger partial charge in [0.25, 0.3) is 0 Å². The van der Waals surface area contributed by atoms with Crippen LogP contribution in [0.3, 0.4) is 0 Å². The topological polar surface area (TPSA) is 50.9 Å². The van der Waals surface area contributed by atoms with Crippen molar-refractivity contribution < 1.29 is 4.74 Å². The Kier molecular flexibility index (Phi) is 10.7. The van der Waals surface area contributed by atoms with Crippen LogP contribution in [0.4, 0.5) is 0 Å². The van der Waals surface area contributed by atoms with Gasteiger partial charge in [-0.15, -0.1) is 12.4 Å². The Hall–Kier alpha value is -1.26. The fourth-order valence-corrected chi connectivity index (χ4v) is 1.88. The van der Waals surface area contributed by atoms with Crippen molar-refractivity contribution in [2.24, 2.45) is 10.7 Å². The average Bonchev–Trinajstić information content (AvgIpc) is 2.50. The van der Waals surface area contributed by atoms with Crippen molar-refractivity contribution in [2.75, 3.05) is 32.8 Å². The molecule has 21 heavy (non-hydrogen) atoms. The maximum Gasteiger partial charge on any atom is 0.125 e. The quantitative estimate of drug-likeness (QED) is 0.563. The van der Waals surface area contributed by atoms with Gasteiger partial charge in [0.15, 0.2) is 0 Å². The summed E-state index contributed by atoms with van der Waals surface area (Å²) in [6.45, 7) is 10.9. The van der Waals surface area contributed by atoms with E-state index in [0.717, 1.165) is 50.5 Å². The normalized spacial score (nSPS) is 11.3. The SMILES string of the molecule is CCCOc1ccc(C(N)=NCCN(CC)CC)cc1.Cl. The fourth-order valence-electron chi connectivity index (χ4n) is 1.88. The third-order valence-corrected chi connectivity index (χ3v) is 3.22. The number of ether oxygens (including phenoxy) is 1. The lowest BCUT2D eigenvalue weighted by molar-refractivity contribution is 0.313. The second-order valence-electron chi connectivity index (χ2n) is 4.67. The summed E-state index contributed by atoms with van der Waals surface area (Å²) in [5.74, 6) is 1.48. The summed E-state index contributed by atoms with van der Waals surface area (Å²) in [6.07, 6.45) is 1.01. The van der Waals surface area contributed by atoms with Gasteiger partial charge in [0.05, 0.1) is 13.2 Å². The van der Waals surface area contributed by atoms with Crippen LogP contribution in [0.5, 0.6) is 5.75 Å². The number of amidine groups is 1. The van der Waals surface area contributed by atoms with Gasteiger partial charge in [-0.3, -0.25) is 4.99 Å². The minimum atomic E-state index is 0. The van der Waals surface area contributed by atoms with E-state index in [1.54, 1.807) is 0 Å². The smallest absolute Gasteiger partial charge is 0.125 e. The van der Waals surface area contributed by atoms with Crippen LogP contribution in [-0.2, 0) is 0 Å². The Balaban J connectivity index is 0.00000400. The molecular weight excluding hydrogens is 286 g/mol. The van der Waals surface area contributed by atoms with Crippen molar-refractivity contribution >= 4 is 18.2 Å². The summed E-state index contributed by atoms with van der Waals surface area (Å²) in [5.41, 5.74) is 6.96. The lowest BCUT2D eigenvalue weighted by Gasteiger charge is -2.16. The van der Waals surface area contributed by atoms with E-state index in [-0.39, 0.29) is 12.4 Å². The summed E-state index contributed by atoms with van der Waals surface area (Å²) in [4.78, 5) is 6.77. The number of hydrogen-bond donors (Lipinski definition) is 1. The molecule has 0 atom stereocenters. The van der Waals surface area contributed by atoms with Gasteiger partial charge >= 0.3 is 0 Å². The largest absolute Gasteiger partial charge is 0.494 e. The van der Waals surface area contributed by atoms with Gasteiger partial charge in [0, 0.05) is 12.1 Å². The van der Waals surface area contributed by atoms with Crippen LogP contribution < -0.4 is 10.5 Å². The number of nitrogens with two attached hydrogens (primary N) is 1. The van der Waals surface area contributed by atoms with E-state index in [9.17, 15) is 0 Å². The van der Waals surface area contributed by atoms with Gasteiger partial charge < -0.3 is 15.4 Å². The first-order chi connectivity index (χ1) is 9.71. The van der Waals surface area contributed by atoms with Crippen LogP contribution in [-0.4, -0.2) is 43.5 Å².